The molecule has 0 aliphatic carbocycles. The molecular formula is C13H17N3O3. The van der Waals surface area contributed by atoms with Gasteiger partial charge >= 0.3 is 0 Å². The molecule has 1 aromatic carbocycles. The van der Waals surface area contributed by atoms with Gasteiger partial charge in [-0.25, -0.2) is 0 Å². The van der Waals surface area contributed by atoms with Crippen LogP contribution in [-0.2, 0) is 4.79 Å². The van der Waals surface area contributed by atoms with Crippen molar-refractivity contribution in [1.29, 1.82) is 0 Å². The van der Waals surface area contributed by atoms with Crippen LogP contribution in [0.5, 0.6) is 5.75 Å². The van der Waals surface area contributed by atoms with Crippen molar-refractivity contribution in [3.05, 3.63) is 23.8 Å². The van der Waals surface area contributed by atoms with Crippen molar-refractivity contribution in [3.63, 3.8) is 0 Å². The van der Waals surface area contributed by atoms with Gasteiger partial charge in [-0.2, -0.15) is 0 Å². The van der Waals surface area contributed by atoms with Crippen LogP contribution < -0.4 is 20.7 Å². The first-order valence-electron chi connectivity index (χ1n) is 6.21. The van der Waals surface area contributed by atoms with E-state index < -0.39 is 0 Å². The molecule has 1 heterocycles. The van der Waals surface area contributed by atoms with Crippen LogP contribution >= 0.6 is 0 Å². The summed E-state index contributed by atoms with van der Waals surface area (Å²) in [5.41, 5.74) is 1.31. The van der Waals surface area contributed by atoms with Gasteiger partial charge in [0.25, 0.3) is 5.91 Å². The molecular weight excluding hydrogens is 246 g/mol. The van der Waals surface area contributed by atoms with Crippen LogP contribution in [0.2, 0.25) is 0 Å². The predicted molar refractivity (Wildman–Crippen MR) is 71.4 cm³/mol. The van der Waals surface area contributed by atoms with Gasteiger partial charge in [0.15, 0.2) is 5.75 Å². The molecule has 3 N–H and O–H groups in total. The zero-order chi connectivity index (χ0) is 13.7. The summed E-state index contributed by atoms with van der Waals surface area (Å²) < 4.78 is 5.52. The quantitative estimate of drug-likeness (QED) is 0.732. The molecule has 102 valence electrons. The zero-order valence-corrected chi connectivity index (χ0v) is 10.8. The molecule has 0 bridgehead atoms. The van der Waals surface area contributed by atoms with Gasteiger partial charge < -0.3 is 20.7 Å². The summed E-state index contributed by atoms with van der Waals surface area (Å²) in [4.78, 5) is 23.1. The van der Waals surface area contributed by atoms with Crippen molar-refractivity contribution in [2.24, 2.45) is 0 Å². The number of benzene rings is 1. The van der Waals surface area contributed by atoms with E-state index in [2.05, 4.69) is 16.0 Å². The van der Waals surface area contributed by atoms with E-state index >= 15 is 0 Å². The van der Waals surface area contributed by atoms with Crippen LogP contribution in [0.1, 0.15) is 16.8 Å². The Balaban J connectivity index is 2.01. The van der Waals surface area contributed by atoms with E-state index in [9.17, 15) is 9.59 Å². The Morgan fingerprint density at radius 2 is 2.26 bits per heavy atom. The predicted octanol–water partition coefficient (Wildman–Crippen LogP) is 0.357. The smallest absolute Gasteiger partial charge is 0.255 e. The Bertz CT molecular complexity index is 488. The van der Waals surface area contributed by atoms with E-state index in [1.807, 2.05) is 6.07 Å². The molecule has 19 heavy (non-hydrogen) atoms. The molecule has 0 unspecified atom stereocenters. The van der Waals surface area contributed by atoms with Crippen LogP contribution in [0, 0.1) is 0 Å². The molecule has 0 spiro atoms. The maximum atomic E-state index is 12.0. The van der Waals surface area contributed by atoms with Gasteiger partial charge in [0.2, 0.25) is 5.91 Å². The normalized spacial score (nSPS) is 12.7. The van der Waals surface area contributed by atoms with E-state index in [0.717, 1.165) is 12.2 Å². The highest BCUT2D eigenvalue weighted by molar-refractivity contribution is 5.99. The summed E-state index contributed by atoms with van der Waals surface area (Å²) in [6.07, 6.45) is 0.260. The van der Waals surface area contributed by atoms with Crippen LogP contribution in [0.4, 0.5) is 5.69 Å². The van der Waals surface area contributed by atoms with Gasteiger partial charge in [-0.05, 0) is 12.1 Å². The minimum absolute atomic E-state index is 0.103. The molecule has 0 radical (unpaired) electrons. The second-order valence-electron chi connectivity index (χ2n) is 4.14. The lowest BCUT2D eigenvalue weighted by Gasteiger charge is -2.21. The van der Waals surface area contributed by atoms with Crippen LogP contribution in [0.15, 0.2) is 18.2 Å². The molecule has 2 amide bonds. The number of rotatable bonds is 4. The van der Waals surface area contributed by atoms with E-state index in [-0.39, 0.29) is 18.2 Å². The SMILES string of the molecule is CNC(=O)CCNC(=O)c1cccc2c1OCCN2. The molecule has 1 aromatic rings. The Morgan fingerprint density at radius 3 is 3.05 bits per heavy atom. The molecule has 0 saturated heterocycles. The third-order valence-electron chi connectivity index (χ3n) is 2.84. The number of amides is 2. The molecule has 6 nitrogen and oxygen atoms in total. The first-order chi connectivity index (χ1) is 9.22. The maximum Gasteiger partial charge on any atom is 0.255 e. The Kier molecular flexibility index (Phi) is 4.22. The number of carbonyl (C=O) groups is 2. The molecule has 2 rings (SSSR count). The maximum absolute atomic E-state index is 12.0. The van der Waals surface area contributed by atoms with E-state index in [4.69, 9.17) is 4.74 Å². The van der Waals surface area contributed by atoms with Gasteiger partial charge in [-0.1, -0.05) is 6.07 Å². The average molecular weight is 263 g/mol. The third-order valence-corrected chi connectivity index (χ3v) is 2.84. The fourth-order valence-electron chi connectivity index (χ4n) is 1.86. The van der Waals surface area contributed by atoms with E-state index in [0.29, 0.717) is 24.5 Å². The highest BCUT2D eigenvalue weighted by Gasteiger charge is 2.18. The summed E-state index contributed by atoms with van der Waals surface area (Å²) in [5, 5.41) is 8.38. The van der Waals surface area contributed by atoms with Gasteiger partial charge in [-0.15, -0.1) is 0 Å². The van der Waals surface area contributed by atoms with Gasteiger partial charge in [0, 0.05) is 26.6 Å². The fraction of sp³-hybridized carbons (Fsp3) is 0.385. The molecule has 0 fully saturated rings. The highest BCUT2D eigenvalue weighted by Crippen LogP contribution is 2.30. The Hall–Kier alpha value is -2.24. The number of hydrogen-bond acceptors (Lipinski definition) is 4. The number of para-hydroxylation sites is 1. The Morgan fingerprint density at radius 1 is 1.42 bits per heavy atom. The summed E-state index contributed by atoms with van der Waals surface area (Å²) >= 11 is 0. The van der Waals surface area contributed by atoms with Crippen molar-refractivity contribution in [1.82, 2.24) is 10.6 Å². The lowest BCUT2D eigenvalue weighted by Crippen LogP contribution is -2.30. The fourth-order valence-corrected chi connectivity index (χ4v) is 1.86. The number of fused-ring (bicyclic) bond motifs is 1. The van der Waals surface area contributed by atoms with Gasteiger partial charge in [0.05, 0.1) is 11.3 Å². The molecule has 6 heteroatoms. The van der Waals surface area contributed by atoms with Crippen molar-refractivity contribution in [2.75, 3.05) is 32.1 Å². The number of ether oxygens (including phenoxy) is 1. The number of carbonyl (C=O) groups excluding carboxylic acids is 2. The molecule has 1 aliphatic rings. The zero-order valence-electron chi connectivity index (χ0n) is 10.8. The average Bonchev–Trinajstić information content (AvgIpc) is 2.46. The van der Waals surface area contributed by atoms with E-state index in [1.54, 1.807) is 19.2 Å². The monoisotopic (exact) mass is 263 g/mol. The molecule has 0 saturated carbocycles. The number of hydrogen-bond donors (Lipinski definition) is 3. The van der Waals surface area contributed by atoms with Gasteiger partial charge in [-0.3, -0.25) is 9.59 Å². The van der Waals surface area contributed by atoms with Crippen LogP contribution in [-0.4, -0.2) is 38.6 Å². The van der Waals surface area contributed by atoms with Gasteiger partial charge in [0.1, 0.15) is 6.61 Å². The van der Waals surface area contributed by atoms with E-state index in [1.165, 1.54) is 0 Å². The first kappa shape index (κ1) is 13.2. The van der Waals surface area contributed by atoms with Crippen LogP contribution in [0.25, 0.3) is 0 Å². The molecule has 0 atom stereocenters. The standard InChI is InChI=1S/C13H17N3O3/c1-14-11(17)5-6-16-13(18)9-3-2-4-10-12(9)19-8-7-15-10/h2-4,15H,5-8H2,1H3,(H,14,17)(H,16,18). The van der Waals surface area contributed by atoms with Crippen molar-refractivity contribution in [2.45, 2.75) is 6.42 Å². The minimum atomic E-state index is -0.232. The second kappa shape index (κ2) is 6.08. The largest absolute Gasteiger partial charge is 0.489 e. The summed E-state index contributed by atoms with van der Waals surface area (Å²) in [5.74, 6) is 0.240. The Labute approximate surface area is 111 Å². The van der Waals surface area contributed by atoms with Crippen molar-refractivity contribution in [3.8, 4) is 5.75 Å². The highest BCUT2D eigenvalue weighted by atomic mass is 16.5. The van der Waals surface area contributed by atoms with Crippen molar-refractivity contribution < 1.29 is 14.3 Å². The number of nitrogens with one attached hydrogen (secondary N) is 3. The number of anilines is 1. The topological polar surface area (TPSA) is 79.5 Å². The third kappa shape index (κ3) is 3.15. The van der Waals surface area contributed by atoms with Crippen molar-refractivity contribution >= 4 is 17.5 Å². The molecule has 1 aliphatic heterocycles. The second-order valence-corrected chi connectivity index (χ2v) is 4.14. The van der Waals surface area contributed by atoms with Crippen LogP contribution in [0.3, 0.4) is 0 Å². The molecule has 0 aromatic heterocycles. The first-order valence-corrected chi connectivity index (χ1v) is 6.21. The summed E-state index contributed by atoms with van der Waals surface area (Å²) in [7, 11) is 1.57. The lowest BCUT2D eigenvalue weighted by molar-refractivity contribution is -0.120. The summed E-state index contributed by atoms with van der Waals surface area (Å²) in [6.45, 7) is 1.57. The minimum Gasteiger partial charge on any atom is -0.489 e. The summed E-state index contributed by atoms with van der Waals surface area (Å²) in [6, 6.07) is 5.38. The lowest BCUT2D eigenvalue weighted by atomic mass is 10.1.